The Morgan fingerprint density at radius 3 is 2.44 bits per heavy atom. The van der Waals surface area contributed by atoms with Crippen LogP contribution < -0.4 is 0 Å². The predicted octanol–water partition coefficient (Wildman–Crippen LogP) is 2.65. The average Bonchev–Trinajstić information content (AvgIpc) is 2.84. The Morgan fingerprint density at radius 1 is 1.12 bits per heavy atom. The molecule has 0 radical (unpaired) electrons. The lowest BCUT2D eigenvalue weighted by atomic mass is 10.0. The Hall–Kier alpha value is -0.240. The molecule has 3 rings (SSSR count). The van der Waals surface area contributed by atoms with Gasteiger partial charge in [0.15, 0.2) is 0 Å². The van der Waals surface area contributed by atoms with Crippen molar-refractivity contribution in [3.8, 4) is 0 Å². The first-order valence-electron chi connectivity index (χ1n) is 6.69. The third-order valence-electron chi connectivity index (χ3n) is 4.78. The number of carbonyl (C=O) groups excluding carboxylic acids is 1. The molecule has 2 nitrogen and oxygen atoms in total. The molecule has 0 aromatic carbocycles. The van der Waals surface area contributed by atoms with Crippen LogP contribution in [0.1, 0.15) is 38.5 Å². The Bertz CT molecular complexity index is 282. The maximum absolute atomic E-state index is 12.4. The van der Waals surface area contributed by atoms with Gasteiger partial charge in [0.1, 0.15) is 0 Å². The maximum Gasteiger partial charge on any atom is 0.226 e. The molecule has 1 aliphatic heterocycles. The number of nitrogens with zero attached hydrogens (tertiary/aromatic N) is 1. The summed E-state index contributed by atoms with van der Waals surface area (Å²) < 4.78 is 0. The van der Waals surface area contributed by atoms with Crippen molar-refractivity contribution in [2.75, 3.05) is 12.4 Å². The number of hydrogen-bond acceptors (Lipinski definition) is 1. The zero-order valence-electron chi connectivity index (χ0n) is 9.70. The highest BCUT2D eigenvalue weighted by Gasteiger charge is 2.56. The van der Waals surface area contributed by atoms with Gasteiger partial charge in [0.2, 0.25) is 5.91 Å². The molecule has 90 valence electrons. The van der Waals surface area contributed by atoms with E-state index < -0.39 is 0 Å². The monoisotopic (exact) mass is 241 g/mol. The van der Waals surface area contributed by atoms with Gasteiger partial charge in [0.25, 0.3) is 0 Å². The zero-order chi connectivity index (χ0) is 11.1. The number of rotatable bonds is 2. The highest BCUT2D eigenvalue weighted by Crippen LogP contribution is 2.56. The molecule has 0 aromatic heterocycles. The van der Waals surface area contributed by atoms with E-state index in [1.54, 1.807) is 0 Å². The third kappa shape index (κ3) is 1.66. The molecule has 2 aliphatic carbocycles. The van der Waals surface area contributed by atoms with Gasteiger partial charge in [-0.2, -0.15) is 0 Å². The van der Waals surface area contributed by atoms with Crippen LogP contribution >= 0.6 is 11.6 Å². The summed E-state index contributed by atoms with van der Waals surface area (Å²) in [5.74, 6) is 2.90. The molecule has 2 saturated carbocycles. The van der Waals surface area contributed by atoms with Crippen LogP contribution in [0.5, 0.6) is 0 Å². The van der Waals surface area contributed by atoms with E-state index in [1.165, 1.54) is 25.7 Å². The van der Waals surface area contributed by atoms with Gasteiger partial charge >= 0.3 is 0 Å². The molecular formula is C13H20ClNO. The summed E-state index contributed by atoms with van der Waals surface area (Å²) in [7, 11) is 0. The molecule has 3 atom stereocenters. The van der Waals surface area contributed by atoms with Crippen molar-refractivity contribution in [1.82, 2.24) is 4.90 Å². The van der Waals surface area contributed by atoms with Crippen molar-refractivity contribution in [3.05, 3.63) is 0 Å². The van der Waals surface area contributed by atoms with Crippen LogP contribution in [-0.2, 0) is 4.79 Å². The second-order valence-electron chi connectivity index (χ2n) is 5.62. The molecule has 3 aliphatic rings. The van der Waals surface area contributed by atoms with E-state index in [-0.39, 0.29) is 0 Å². The first-order chi connectivity index (χ1) is 7.83. The van der Waals surface area contributed by atoms with Crippen molar-refractivity contribution in [2.24, 2.45) is 17.8 Å². The van der Waals surface area contributed by atoms with E-state index in [0.29, 0.717) is 23.7 Å². The van der Waals surface area contributed by atoms with Crippen LogP contribution in [0.3, 0.4) is 0 Å². The summed E-state index contributed by atoms with van der Waals surface area (Å²) in [6.45, 7) is 0.951. The summed E-state index contributed by atoms with van der Waals surface area (Å²) in [5, 5.41) is 0. The fraction of sp³-hybridized carbons (Fsp3) is 0.923. The first kappa shape index (κ1) is 10.9. The number of fused-ring (bicyclic) bond motifs is 1. The van der Waals surface area contributed by atoms with Crippen LogP contribution in [0.15, 0.2) is 0 Å². The molecule has 0 spiro atoms. The van der Waals surface area contributed by atoms with Crippen LogP contribution in [0.25, 0.3) is 0 Å². The number of likely N-dealkylation sites (tertiary alicyclic amines) is 1. The van der Waals surface area contributed by atoms with Gasteiger partial charge in [-0.1, -0.05) is 12.8 Å². The fourth-order valence-corrected chi connectivity index (χ4v) is 4.16. The van der Waals surface area contributed by atoms with Gasteiger partial charge in [-0.25, -0.2) is 0 Å². The molecule has 1 amide bonds. The van der Waals surface area contributed by atoms with E-state index in [2.05, 4.69) is 4.90 Å². The molecule has 0 N–H and O–H groups in total. The molecule has 1 saturated heterocycles. The topological polar surface area (TPSA) is 20.3 Å². The second kappa shape index (κ2) is 4.21. The van der Waals surface area contributed by atoms with Crippen LogP contribution in [-0.4, -0.2) is 29.3 Å². The minimum Gasteiger partial charge on any atom is -0.338 e. The summed E-state index contributed by atoms with van der Waals surface area (Å²) in [6.07, 6.45) is 7.51. The van der Waals surface area contributed by atoms with Crippen molar-refractivity contribution >= 4 is 17.5 Å². The van der Waals surface area contributed by atoms with E-state index in [0.717, 1.165) is 31.2 Å². The first-order valence-corrected chi connectivity index (χ1v) is 7.23. The smallest absolute Gasteiger partial charge is 0.226 e. The summed E-state index contributed by atoms with van der Waals surface area (Å²) >= 11 is 5.93. The predicted molar refractivity (Wildman–Crippen MR) is 64.4 cm³/mol. The summed E-state index contributed by atoms with van der Waals surface area (Å²) in [4.78, 5) is 14.5. The molecule has 3 heteroatoms. The number of amides is 1. The lowest BCUT2D eigenvalue weighted by Gasteiger charge is -2.23. The Kier molecular flexibility index (Phi) is 2.87. The quantitative estimate of drug-likeness (QED) is 0.681. The van der Waals surface area contributed by atoms with Crippen molar-refractivity contribution in [2.45, 2.75) is 44.6 Å². The van der Waals surface area contributed by atoms with Gasteiger partial charge in [0.05, 0.1) is 0 Å². The number of hydrogen-bond donors (Lipinski definition) is 0. The second-order valence-corrected chi connectivity index (χ2v) is 5.93. The lowest BCUT2D eigenvalue weighted by molar-refractivity contribution is -0.133. The Morgan fingerprint density at radius 2 is 1.81 bits per heavy atom. The standard InChI is InChI=1S/C13H20ClNO/c14-8-9-4-3-7-15(9)13(16)12-10-5-1-2-6-11(10)12/h9-12H,1-8H2. The third-order valence-corrected chi connectivity index (χ3v) is 5.14. The van der Waals surface area contributed by atoms with E-state index in [4.69, 9.17) is 11.6 Å². The Balaban J connectivity index is 1.65. The van der Waals surface area contributed by atoms with Crippen molar-refractivity contribution in [3.63, 3.8) is 0 Å². The van der Waals surface area contributed by atoms with Crippen LogP contribution in [0.2, 0.25) is 0 Å². The minimum absolute atomic E-state index is 0.330. The van der Waals surface area contributed by atoms with E-state index in [1.807, 2.05) is 0 Å². The molecular weight excluding hydrogens is 222 g/mol. The maximum atomic E-state index is 12.4. The van der Waals surface area contributed by atoms with Crippen molar-refractivity contribution < 1.29 is 4.79 Å². The molecule has 0 aromatic rings. The highest BCUT2D eigenvalue weighted by molar-refractivity contribution is 6.18. The lowest BCUT2D eigenvalue weighted by Crippen LogP contribution is -2.38. The van der Waals surface area contributed by atoms with Crippen LogP contribution in [0, 0.1) is 17.8 Å². The van der Waals surface area contributed by atoms with E-state index >= 15 is 0 Å². The number of alkyl halides is 1. The average molecular weight is 242 g/mol. The van der Waals surface area contributed by atoms with Gasteiger partial charge in [-0.3, -0.25) is 4.79 Å². The van der Waals surface area contributed by atoms with Crippen molar-refractivity contribution in [1.29, 1.82) is 0 Å². The van der Waals surface area contributed by atoms with Gasteiger partial charge < -0.3 is 4.90 Å². The molecule has 3 fully saturated rings. The summed E-state index contributed by atoms with van der Waals surface area (Å²) in [6, 6.07) is 0.330. The molecule has 16 heavy (non-hydrogen) atoms. The summed E-state index contributed by atoms with van der Waals surface area (Å²) in [5.41, 5.74) is 0. The minimum atomic E-state index is 0.330. The normalized spacial score (nSPS) is 41.9. The molecule has 3 unspecified atom stereocenters. The highest BCUT2D eigenvalue weighted by atomic mass is 35.5. The SMILES string of the molecule is O=C(C1C2CCCCC21)N1CCCC1CCl. The number of carbonyl (C=O) groups is 1. The van der Waals surface area contributed by atoms with Gasteiger partial charge in [-0.15, -0.1) is 11.6 Å². The van der Waals surface area contributed by atoms with Crippen LogP contribution in [0.4, 0.5) is 0 Å². The van der Waals surface area contributed by atoms with Gasteiger partial charge in [0, 0.05) is 24.4 Å². The largest absolute Gasteiger partial charge is 0.338 e. The Labute approximate surface area is 102 Å². The number of halogens is 1. The van der Waals surface area contributed by atoms with Gasteiger partial charge in [-0.05, 0) is 37.5 Å². The molecule has 1 heterocycles. The van der Waals surface area contributed by atoms with E-state index in [9.17, 15) is 4.79 Å². The molecule has 0 bridgehead atoms. The fourth-order valence-electron chi connectivity index (χ4n) is 3.84. The zero-order valence-corrected chi connectivity index (χ0v) is 10.5.